The van der Waals surface area contributed by atoms with E-state index in [0.29, 0.717) is 11.3 Å². The lowest BCUT2D eigenvalue weighted by molar-refractivity contribution is -0.128. The Morgan fingerprint density at radius 1 is 1.23 bits per heavy atom. The highest BCUT2D eigenvalue weighted by Gasteiger charge is 2.16. The van der Waals surface area contributed by atoms with E-state index >= 15 is 0 Å². The van der Waals surface area contributed by atoms with E-state index in [2.05, 4.69) is 10.9 Å². The number of rotatable bonds is 4. The first-order valence-electron chi connectivity index (χ1n) is 6.40. The maximum atomic E-state index is 11.8. The largest absolute Gasteiger partial charge is 0.481 e. The molecule has 0 spiro atoms. The van der Waals surface area contributed by atoms with Gasteiger partial charge < -0.3 is 9.15 Å². The molecule has 2 amide bonds. The number of ether oxygens (including phenoxy) is 1. The molecule has 0 radical (unpaired) electrons. The van der Waals surface area contributed by atoms with E-state index in [9.17, 15) is 9.59 Å². The van der Waals surface area contributed by atoms with Gasteiger partial charge in [-0.05, 0) is 43.3 Å². The van der Waals surface area contributed by atoms with Crippen molar-refractivity contribution in [2.24, 2.45) is 0 Å². The van der Waals surface area contributed by atoms with Gasteiger partial charge in [0.25, 0.3) is 5.91 Å². The minimum absolute atomic E-state index is 0.0842. The van der Waals surface area contributed by atoms with Gasteiger partial charge in [0.05, 0.1) is 17.9 Å². The van der Waals surface area contributed by atoms with Gasteiger partial charge in [0, 0.05) is 0 Å². The zero-order chi connectivity index (χ0) is 15.9. The molecule has 7 nitrogen and oxygen atoms in total. The number of carbonyl (C=O) groups is 2. The van der Waals surface area contributed by atoms with Crippen molar-refractivity contribution >= 4 is 11.8 Å². The second-order valence-electron chi connectivity index (χ2n) is 4.32. The minimum Gasteiger partial charge on any atom is -0.481 e. The number of nitrogens with zero attached hydrogens (tertiary/aromatic N) is 1. The summed E-state index contributed by atoms with van der Waals surface area (Å²) in [5.74, 6) is -0.562. The highest BCUT2D eigenvalue weighted by atomic mass is 16.5. The molecule has 22 heavy (non-hydrogen) atoms. The van der Waals surface area contributed by atoms with Crippen molar-refractivity contribution in [3.8, 4) is 11.8 Å². The Hall–Kier alpha value is -3.27. The Morgan fingerprint density at radius 2 is 1.95 bits per heavy atom. The first-order chi connectivity index (χ1) is 10.6. The van der Waals surface area contributed by atoms with Gasteiger partial charge in [-0.3, -0.25) is 20.4 Å². The third-order valence-corrected chi connectivity index (χ3v) is 2.71. The van der Waals surface area contributed by atoms with Crippen LogP contribution in [-0.2, 0) is 4.79 Å². The third-order valence-electron chi connectivity index (χ3n) is 2.71. The number of carbonyl (C=O) groups excluding carboxylic acids is 2. The molecule has 1 heterocycles. The molecule has 0 aliphatic heterocycles. The Kier molecular flexibility index (Phi) is 4.78. The number of nitriles is 1. The van der Waals surface area contributed by atoms with Crippen LogP contribution in [0.25, 0.3) is 0 Å². The second-order valence-corrected chi connectivity index (χ2v) is 4.32. The first kappa shape index (κ1) is 15.1. The summed E-state index contributed by atoms with van der Waals surface area (Å²) in [6.45, 7) is 1.53. The SMILES string of the molecule is C[C@@H](Oc1ccc(C#N)cc1)C(=O)NNC(=O)c1ccco1. The summed E-state index contributed by atoms with van der Waals surface area (Å²) in [6.07, 6.45) is 0.526. The van der Waals surface area contributed by atoms with Gasteiger partial charge in [-0.1, -0.05) is 0 Å². The zero-order valence-electron chi connectivity index (χ0n) is 11.7. The molecule has 2 rings (SSSR count). The average molecular weight is 299 g/mol. The molecular weight excluding hydrogens is 286 g/mol. The fraction of sp³-hybridized carbons (Fsp3) is 0.133. The van der Waals surface area contributed by atoms with Gasteiger partial charge in [-0.15, -0.1) is 0 Å². The number of amides is 2. The number of hydrogen-bond donors (Lipinski definition) is 2. The second kappa shape index (κ2) is 6.95. The highest BCUT2D eigenvalue weighted by Crippen LogP contribution is 2.13. The molecule has 1 atom stereocenters. The van der Waals surface area contributed by atoms with E-state index in [0.717, 1.165) is 0 Å². The van der Waals surface area contributed by atoms with Crippen molar-refractivity contribution in [1.82, 2.24) is 10.9 Å². The Bertz CT molecular complexity index is 687. The van der Waals surface area contributed by atoms with Crippen LogP contribution in [-0.4, -0.2) is 17.9 Å². The normalized spacial score (nSPS) is 11.1. The van der Waals surface area contributed by atoms with Crippen molar-refractivity contribution in [3.63, 3.8) is 0 Å². The summed E-state index contributed by atoms with van der Waals surface area (Å²) < 4.78 is 10.3. The van der Waals surface area contributed by atoms with Crippen LogP contribution >= 0.6 is 0 Å². The van der Waals surface area contributed by atoms with E-state index < -0.39 is 17.9 Å². The molecule has 7 heteroatoms. The summed E-state index contributed by atoms with van der Waals surface area (Å²) >= 11 is 0. The summed E-state index contributed by atoms with van der Waals surface area (Å²) in [7, 11) is 0. The third kappa shape index (κ3) is 3.86. The summed E-state index contributed by atoms with van der Waals surface area (Å²) in [4.78, 5) is 23.4. The van der Waals surface area contributed by atoms with Gasteiger partial charge in [0.2, 0.25) is 0 Å². The topological polar surface area (TPSA) is 104 Å². The maximum Gasteiger partial charge on any atom is 0.305 e. The molecule has 1 aromatic heterocycles. The molecule has 0 aliphatic carbocycles. The predicted molar refractivity (Wildman–Crippen MR) is 75.6 cm³/mol. The van der Waals surface area contributed by atoms with E-state index in [-0.39, 0.29) is 5.76 Å². The highest BCUT2D eigenvalue weighted by molar-refractivity contribution is 5.93. The number of nitrogens with one attached hydrogen (secondary N) is 2. The standard InChI is InChI=1S/C15H13N3O4/c1-10(22-12-6-4-11(9-16)5-7-12)14(19)17-18-15(20)13-3-2-8-21-13/h2-8,10H,1H3,(H,17,19)(H,18,20)/t10-/m1/s1. The number of furan rings is 1. The summed E-state index contributed by atoms with van der Waals surface area (Å²) in [5.41, 5.74) is 4.95. The van der Waals surface area contributed by atoms with Crippen molar-refractivity contribution in [2.75, 3.05) is 0 Å². The Morgan fingerprint density at radius 3 is 2.55 bits per heavy atom. The molecule has 0 saturated carbocycles. The summed E-state index contributed by atoms with van der Waals surface area (Å²) in [6, 6.07) is 11.4. The van der Waals surface area contributed by atoms with Crippen molar-refractivity contribution in [1.29, 1.82) is 5.26 Å². The molecular formula is C15H13N3O4. The lowest BCUT2D eigenvalue weighted by Crippen LogP contribution is -2.47. The smallest absolute Gasteiger partial charge is 0.305 e. The lowest BCUT2D eigenvalue weighted by atomic mass is 10.2. The van der Waals surface area contributed by atoms with E-state index in [1.54, 1.807) is 30.3 Å². The van der Waals surface area contributed by atoms with Crippen LogP contribution < -0.4 is 15.6 Å². The van der Waals surface area contributed by atoms with Crippen LogP contribution in [0.3, 0.4) is 0 Å². The molecule has 0 bridgehead atoms. The van der Waals surface area contributed by atoms with Gasteiger partial charge in [-0.2, -0.15) is 5.26 Å². The molecule has 112 valence electrons. The Balaban J connectivity index is 1.84. The van der Waals surface area contributed by atoms with Crippen LogP contribution in [0.2, 0.25) is 0 Å². The van der Waals surface area contributed by atoms with E-state index in [4.69, 9.17) is 14.4 Å². The average Bonchev–Trinajstić information content (AvgIpc) is 3.07. The van der Waals surface area contributed by atoms with Gasteiger partial charge in [0.15, 0.2) is 11.9 Å². The minimum atomic E-state index is -0.829. The first-order valence-corrected chi connectivity index (χ1v) is 6.40. The van der Waals surface area contributed by atoms with Gasteiger partial charge in [-0.25, -0.2) is 0 Å². The van der Waals surface area contributed by atoms with Crippen LogP contribution in [0.5, 0.6) is 5.75 Å². The molecule has 0 unspecified atom stereocenters. The van der Waals surface area contributed by atoms with Crippen LogP contribution in [0.4, 0.5) is 0 Å². The Labute approximate surface area is 126 Å². The van der Waals surface area contributed by atoms with Crippen molar-refractivity contribution < 1.29 is 18.7 Å². The molecule has 1 aromatic carbocycles. The van der Waals surface area contributed by atoms with Crippen molar-refractivity contribution in [2.45, 2.75) is 13.0 Å². The number of benzene rings is 1. The predicted octanol–water partition coefficient (Wildman–Crippen LogP) is 1.38. The van der Waals surface area contributed by atoms with Crippen LogP contribution in [0.1, 0.15) is 23.0 Å². The monoisotopic (exact) mass is 299 g/mol. The number of hydrazine groups is 1. The zero-order valence-corrected chi connectivity index (χ0v) is 11.7. The maximum absolute atomic E-state index is 11.8. The molecule has 2 aromatic rings. The van der Waals surface area contributed by atoms with Gasteiger partial charge >= 0.3 is 5.91 Å². The molecule has 0 saturated heterocycles. The van der Waals surface area contributed by atoms with Crippen LogP contribution in [0, 0.1) is 11.3 Å². The van der Waals surface area contributed by atoms with E-state index in [1.165, 1.54) is 19.3 Å². The molecule has 2 N–H and O–H groups in total. The van der Waals surface area contributed by atoms with E-state index in [1.807, 2.05) is 6.07 Å². The molecule has 0 aliphatic rings. The summed E-state index contributed by atoms with van der Waals surface area (Å²) in [5, 5.41) is 8.70. The number of hydrogen-bond acceptors (Lipinski definition) is 5. The fourth-order valence-electron chi connectivity index (χ4n) is 1.56. The van der Waals surface area contributed by atoms with Gasteiger partial charge in [0.1, 0.15) is 5.75 Å². The quantitative estimate of drug-likeness (QED) is 0.830. The lowest BCUT2D eigenvalue weighted by Gasteiger charge is -2.14. The van der Waals surface area contributed by atoms with Crippen molar-refractivity contribution in [3.05, 3.63) is 54.0 Å². The molecule has 0 fully saturated rings. The fourth-order valence-corrected chi connectivity index (χ4v) is 1.56. The van der Waals surface area contributed by atoms with Crippen LogP contribution in [0.15, 0.2) is 47.1 Å².